The van der Waals surface area contributed by atoms with Gasteiger partial charge in [0, 0.05) is 12.2 Å². The lowest BCUT2D eigenvalue weighted by Gasteiger charge is -2.39. The summed E-state index contributed by atoms with van der Waals surface area (Å²) in [5.41, 5.74) is 1.49. The Morgan fingerprint density at radius 2 is 2.06 bits per heavy atom. The van der Waals surface area contributed by atoms with E-state index in [2.05, 4.69) is 6.58 Å². The van der Waals surface area contributed by atoms with E-state index < -0.39 is 41.6 Å². The van der Waals surface area contributed by atoms with E-state index in [1.165, 1.54) is 4.90 Å². The number of amides is 2. The molecule has 3 saturated heterocycles. The van der Waals surface area contributed by atoms with Crippen LogP contribution in [-0.2, 0) is 23.9 Å². The van der Waals surface area contributed by atoms with Crippen molar-refractivity contribution in [3.8, 4) is 0 Å². The Labute approximate surface area is 200 Å². The summed E-state index contributed by atoms with van der Waals surface area (Å²) in [7, 11) is 0. The number of para-hydroxylation sites is 1. The van der Waals surface area contributed by atoms with Crippen molar-refractivity contribution in [2.24, 2.45) is 11.8 Å². The number of aliphatic hydroxyl groups is 1. The minimum Gasteiger partial charge on any atom is -0.466 e. The van der Waals surface area contributed by atoms with Gasteiger partial charge in [0.15, 0.2) is 0 Å². The van der Waals surface area contributed by atoms with Crippen molar-refractivity contribution in [1.82, 2.24) is 4.90 Å². The molecule has 2 amide bonds. The Hall–Kier alpha value is -2.71. The molecule has 8 heteroatoms. The highest BCUT2D eigenvalue weighted by Crippen LogP contribution is 2.59. The van der Waals surface area contributed by atoms with Crippen LogP contribution < -0.4 is 4.90 Å². The number of hydrogen-bond donors (Lipinski definition) is 1. The topological polar surface area (TPSA) is 96.4 Å². The predicted octanol–water partition coefficient (Wildman–Crippen LogP) is 2.14. The number of ether oxygens (including phenoxy) is 2. The number of hydrogen-bond acceptors (Lipinski definition) is 6. The number of rotatable bonds is 8. The molecule has 2 unspecified atom stereocenters. The van der Waals surface area contributed by atoms with Crippen LogP contribution in [0.25, 0.3) is 0 Å². The Kier molecular flexibility index (Phi) is 6.57. The molecule has 1 aromatic carbocycles. The summed E-state index contributed by atoms with van der Waals surface area (Å²) < 4.78 is 11.7. The number of benzene rings is 1. The summed E-state index contributed by atoms with van der Waals surface area (Å²) in [5, 5.41) is 9.98. The van der Waals surface area contributed by atoms with Crippen molar-refractivity contribution in [3.63, 3.8) is 0 Å². The fourth-order valence-electron chi connectivity index (χ4n) is 6.24. The van der Waals surface area contributed by atoms with E-state index in [1.54, 1.807) is 24.8 Å². The molecule has 2 bridgehead atoms. The first-order valence-electron chi connectivity index (χ1n) is 12.0. The number of carbonyl (C=O) groups excluding carboxylic acids is 3. The van der Waals surface area contributed by atoms with Gasteiger partial charge >= 0.3 is 5.97 Å². The lowest BCUT2D eigenvalue weighted by molar-refractivity contribution is -0.155. The maximum atomic E-state index is 14.4. The second-order valence-electron chi connectivity index (χ2n) is 9.56. The molecule has 3 heterocycles. The molecule has 0 aliphatic carbocycles. The molecule has 0 aromatic heterocycles. The van der Waals surface area contributed by atoms with Gasteiger partial charge in [-0.1, -0.05) is 24.3 Å². The van der Waals surface area contributed by atoms with Crippen molar-refractivity contribution < 1.29 is 29.0 Å². The van der Waals surface area contributed by atoms with Crippen molar-refractivity contribution in [1.29, 1.82) is 0 Å². The molecule has 3 aliphatic heterocycles. The third kappa shape index (κ3) is 3.46. The van der Waals surface area contributed by atoms with Gasteiger partial charge in [-0.3, -0.25) is 14.4 Å². The number of fused-ring (bicyclic) bond motifs is 1. The van der Waals surface area contributed by atoms with Crippen LogP contribution in [0.1, 0.15) is 37.8 Å². The monoisotopic (exact) mass is 470 g/mol. The zero-order valence-electron chi connectivity index (χ0n) is 20.3. The number of carbonyl (C=O) groups is 3. The summed E-state index contributed by atoms with van der Waals surface area (Å²) in [5.74, 6) is -2.65. The zero-order chi connectivity index (χ0) is 24.8. The van der Waals surface area contributed by atoms with Gasteiger partial charge in [-0.15, -0.1) is 6.58 Å². The van der Waals surface area contributed by atoms with Gasteiger partial charge in [-0.25, -0.2) is 0 Å². The van der Waals surface area contributed by atoms with Gasteiger partial charge in [0.2, 0.25) is 5.91 Å². The van der Waals surface area contributed by atoms with Crippen LogP contribution in [0.15, 0.2) is 30.9 Å². The van der Waals surface area contributed by atoms with Crippen LogP contribution >= 0.6 is 0 Å². The maximum Gasteiger partial charge on any atom is 0.312 e. The first-order valence-corrected chi connectivity index (χ1v) is 12.0. The third-order valence-corrected chi connectivity index (χ3v) is 7.56. The van der Waals surface area contributed by atoms with Crippen LogP contribution in [0, 0.1) is 25.7 Å². The van der Waals surface area contributed by atoms with E-state index in [1.807, 2.05) is 32.0 Å². The van der Waals surface area contributed by atoms with Crippen molar-refractivity contribution in [3.05, 3.63) is 42.0 Å². The highest BCUT2D eigenvalue weighted by atomic mass is 16.6. The summed E-state index contributed by atoms with van der Waals surface area (Å²) in [6.45, 7) is 11.3. The number of likely N-dealkylation sites (tertiary alicyclic amines) is 1. The van der Waals surface area contributed by atoms with Gasteiger partial charge in [-0.05, 0) is 51.7 Å². The minimum absolute atomic E-state index is 0.203. The number of esters is 1. The highest BCUT2D eigenvalue weighted by Gasteiger charge is 2.75. The average Bonchev–Trinajstić information content (AvgIpc) is 3.45. The molecule has 6 atom stereocenters. The average molecular weight is 471 g/mol. The first kappa shape index (κ1) is 24.4. The fraction of sp³-hybridized carbons (Fsp3) is 0.577. The standard InChI is InChI=1S/C26H34N2O6/c1-6-13-27(21-15(3)9-8-10-16(21)4)24(31)22-26-12-11-18(34-26)19(25(32)33-7-2)20(26)23(30)28(22)17(5)14-29/h6,8-10,17-20,22,29H,1,7,11-14H2,2-5H3/t17-,18+,19-,20+,22?,26?/m1/s1. The van der Waals surface area contributed by atoms with E-state index in [9.17, 15) is 19.5 Å². The number of anilines is 1. The van der Waals surface area contributed by atoms with Gasteiger partial charge < -0.3 is 24.4 Å². The van der Waals surface area contributed by atoms with Gasteiger partial charge in [0.25, 0.3) is 5.91 Å². The molecule has 3 aliphatic rings. The largest absolute Gasteiger partial charge is 0.466 e. The minimum atomic E-state index is -1.13. The molecule has 34 heavy (non-hydrogen) atoms. The fourth-order valence-corrected chi connectivity index (χ4v) is 6.24. The second kappa shape index (κ2) is 9.15. The lowest BCUT2D eigenvalue weighted by atomic mass is 9.70. The molecule has 184 valence electrons. The third-order valence-electron chi connectivity index (χ3n) is 7.56. The molecule has 0 saturated carbocycles. The molecule has 4 rings (SSSR count). The van der Waals surface area contributed by atoms with Crippen LogP contribution in [0.2, 0.25) is 0 Å². The second-order valence-corrected chi connectivity index (χ2v) is 9.56. The predicted molar refractivity (Wildman–Crippen MR) is 126 cm³/mol. The molecule has 8 nitrogen and oxygen atoms in total. The molecule has 0 radical (unpaired) electrons. The molecule has 3 fully saturated rings. The Morgan fingerprint density at radius 1 is 1.38 bits per heavy atom. The Balaban J connectivity index is 1.83. The number of nitrogens with zero attached hydrogens (tertiary/aromatic N) is 2. The van der Waals surface area contributed by atoms with Gasteiger partial charge in [-0.2, -0.15) is 0 Å². The van der Waals surface area contributed by atoms with Crippen molar-refractivity contribution in [2.75, 3.05) is 24.7 Å². The van der Waals surface area contributed by atoms with Crippen molar-refractivity contribution in [2.45, 2.75) is 64.3 Å². The van der Waals surface area contributed by atoms with E-state index in [0.717, 1.165) is 16.8 Å². The van der Waals surface area contributed by atoms with Crippen LogP contribution in [-0.4, -0.2) is 71.3 Å². The van der Waals surface area contributed by atoms with E-state index in [4.69, 9.17) is 9.47 Å². The first-order chi connectivity index (χ1) is 16.2. The smallest absolute Gasteiger partial charge is 0.312 e. The van der Waals surface area contributed by atoms with E-state index in [0.29, 0.717) is 12.8 Å². The maximum absolute atomic E-state index is 14.4. The number of aliphatic hydroxyl groups excluding tert-OH is 1. The van der Waals surface area contributed by atoms with Gasteiger partial charge in [0.05, 0.1) is 37.2 Å². The molecule has 1 spiro atoms. The van der Waals surface area contributed by atoms with Crippen molar-refractivity contribution >= 4 is 23.5 Å². The summed E-state index contributed by atoms with van der Waals surface area (Å²) in [4.78, 5) is 44.1. The van der Waals surface area contributed by atoms with Crippen LogP contribution in [0.3, 0.4) is 0 Å². The van der Waals surface area contributed by atoms with Gasteiger partial charge in [0.1, 0.15) is 11.6 Å². The SMILES string of the molecule is C=CCN(C(=O)C1N([C@H](C)CO)C(=O)[C@@H]2[C@H](C(=O)OCC)[C@@H]3CCC12O3)c1c(C)cccc1C. The van der Waals surface area contributed by atoms with E-state index >= 15 is 0 Å². The van der Waals surface area contributed by atoms with E-state index in [-0.39, 0.29) is 31.6 Å². The number of aryl methyl sites for hydroxylation is 2. The molecule has 1 N–H and O–H groups in total. The quantitative estimate of drug-likeness (QED) is 0.462. The lowest BCUT2D eigenvalue weighted by Crippen LogP contribution is -2.58. The summed E-state index contributed by atoms with van der Waals surface area (Å²) in [6.07, 6.45) is 2.26. The molecular formula is C26H34N2O6. The summed E-state index contributed by atoms with van der Waals surface area (Å²) in [6, 6.07) is 4.24. The normalized spacial score (nSPS) is 30.3. The summed E-state index contributed by atoms with van der Waals surface area (Å²) >= 11 is 0. The Morgan fingerprint density at radius 3 is 2.65 bits per heavy atom. The zero-order valence-corrected chi connectivity index (χ0v) is 20.3. The molecular weight excluding hydrogens is 436 g/mol. The van der Waals surface area contributed by atoms with Crippen LogP contribution in [0.5, 0.6) is 0 Å². The van der Waals surface area contributed by atoms with Crippen LogP contribution in [0.4, 0.5) is 5.69 Å². The molecule has 1 aromatic rings. The Bertz CT molecular complexity index is 989. The highest BCUT2D eigenvalue weighted by molar-refractivity contribution is 6.05.